The highest BCUT2D eigenvalue weighted by Gasteiger charge is 2.51. The molecule has 0 bridgehead atoms. The van der Waals surface area contributed by atoms with E-state index in [1.165, 1.54) is 6.42 Å². The van der Waals surface area contributed by atoms with E-state index in [9.17, 15) is 10.2 Å². The first kappa shape index (κ1) is 19.7. The highest BCUT2D eigenvalue weighted by atomic mass is 16.3. The Kier molecular flexibility index (Phi) is 5.42. The third kappa shape index (κ3) is 3.40. The summed E-state index contributed by atoms with van der Waals surface area (Å²) in [7, 11) is 0. The van der Waals surface area contributed by atoms with Gasteiger partial charge in [-0.2, -0.15) is 0 Å². The van der Waals surface area contributed by atoms with E-state index in [2.05, 4.69) is 25.8 Å². The summed E-state index contributed by atoms with van der Waals surface area (Å²) in [5.41, 5.74) is 14.9. The predicted molar refractivity (Wildman–Crippen MR) is 105 cm³/mol. The highest BCUT2D eigenvalue weighted by molar-refractivity contribution is 5.75. The normalized spacial score (nSPS) is 39.6. The molecular weight excluding hydrogens is 326 g/mol. The van der Waals surface area contributed by atoms with Crippen LogP contribution in [0.5, 0.6) is 0 Å². The molecule has 0 unspecified atom stereocenters. The molecule has 0 aromatic rings. The van der Waals surface area contributed by atoms with Crippen molar-refractivity contribution in [3.8, 4) is 0 Å². The van der Waals surface area contributed by atoms with Gasteiger partial charge in [0.2, 0.25) is 0 Å². The van der Waals surface area contributed by atoms with Gasteiger partial charge in [-0.15, -0.1) is 0 Å². The van der Waals surface area contributed by atoms with Crippen molar-refractivity contribution in [1.29, 1.82) is 0 Å². The number of hydrogen-bond donors (Lipinski definition) is 4. The Balaban J connectivity index is 1.96. The predicted octanol–water partition coefficient (Wildman–Crippen LogP) is 2.56. The second-order valence-corrected chi connectivity index (χ2v) is 9.72. The van der Waals surface area contributed by atoms with Crippen molar-refractivity contribution in [1.82, 2.24) is 0 Å². The molecule has 3 rings (SSSR count). The van der Waals surface area contributed by atoms with Crippen LogP contribution in [-0.2, 0) is 0 Å². The minimum Gasteiger partial charge on any atom is -0.396 e. The summed E-state index contributed by atoms with van der Waals surface area (Å²) in [6.07, 6.45) is 6.87. The second-order valence-electron chi connectivity index (χ2n) is 9.72. The number of hydrogen-bond acceptors (Lipinski definition) is 3. The average molecular weight is 364 g/mol. The molecule has 148 valence electrons. The van der Waals surface area contributed by atoms with E-state index >= 15 is 0 Å². The molecule has 0 radical (unpaired) electrons. The van der Waals surface area contributed by atoms with Crippen LogP contribution in [0.1, 0.15) is 65.7 Å². The molecule has 5 atom stereocenters. The van der Waals surface area contributed by atoms with Crippen molar-refractivity contribution in [2.24, 2.45) is 45.0 Å². The topological polar surface area (TPSA) is 105 Å². The molecule has 0 aliphatic heterocycles. The second kappa shape index (κ2) is 7.16. The Morgan fingerprint density at radius 1 is 1.15 bits per heavy atom. The fourth-order valence-corrected chi connectivity index (χ4v) is 6.23. The van der Waals surface area contributed by atoms with Crippen molar-refractivity contribution in [3.05, 3.63) is 11.1 Å². The van der Waals surface area contributed by atoms with Gasteiger partial charge in [0.25, 0.3) is 0 Å². The molecule has 1 saturated carbocycles. The van der Waals surface area contributed by atoms with Crippen molar-refractivity contribution in [2.75, 3.05) is 13.2 Å². The standard InChI is InChI=1S/C21H37N3O2/c1-20(2)8-7-15-16(11-24-19(22)23)18(5-4-17(15)20)21(3)9-6-14(26)10-13(21)12-25/h13-14,16,18,25-26H,4-12H2,1-3H3,(H4,22,23,24)/t13-,14+,16+,18+,21-/m1/s1. The molecule has 0 amide bonds. The maximum Gasteiger partial charge on any atom is 0.185 e. The smallest absolute Gasteiger partial charge is 0.185 e. The maximum atomic E-state index is 10.1. The fraction of sp³-hybridized carbons (Fsp3) is 0.857. The summed E-state index contributed by atoms with van der Waals surface area (Å²) in [5.74, 6) is 1.13. The summed E-state index contributed by atoms with van der Waals surface area (Å²) >= 11 is 0. The average Bonchev–Trinajstić information content (AvgIpc) is 2.90. The molecule has 0 saturated heterocycles. The molecule has 3 aliphatic rings. The quantitative estimate of drug-likeness (QED) is 0.350. The summed E-state index contributed by atoms with van der Waals surface area (Å²) in [6, 6.07) is 0. The van der Waals surface area contributed by atoms with Gasteiger partial charge in [-0.1, -0.05) is 31.9 Å². The van der Waals surface area contributed by atoms with Crippen LogP contribution in [0.2, 0.25) is 0 Å². The minimum atomic E-state index is -0.278. The van der Waals surface area contributed by atoms with Crippen LogP contribution in [-0.4, -0.2) is 35.4 Å². The van der Waals surface area contributed by atoms with E-state index in [1.54, 1.807) is 11.1 Å². The summed E-state index contributed by atoms with van der Waals surface area (Å²) in [5, 5.41) is 20.2. The first-order valence-electron chi connectivity index (χ1n) is 10.3. The number of nitrogens with two attached hydrogens (primary N) is 2. The lowest BCUT2D eigenvalue weighted by Crippen LogP contribution is -2.48. The van der Waals surface area contributed by atoms with E-state index in [1.807, 2.05) is 0 Å². The lowest BCUT2D eigenvalue weighted by molar-refractivity contribution is -0.0574. The Labute approximate surface area is 157 Å². The van der Waals surface area contributed by atoms with Crippen LogP contribution in [0.4, 0.5) is 0 Å². The van der Waals surface area contributed by atoms with Gasteiger partial charge in [0.15, 0.2) is 5.96 Å². The number of allylic oxidation sites excluding steroid dienone is 1. The van der Waals surface area contributed by atoms with Crippen molar-refractivity contribution < 1.29 is 10.2 Å². The highest BCUT2D eigenvalue weighted by Crippen LogP contribution is 2.59. The Morgan fingerprint density at radius 3 is 2.54 bits per heavy atom. The van der Waals surface area contributed by atoms with E-state index in [4.69, 9.17) is 11.5 Å². The van der Waals surface area contributed by atoms with Gasteiger partial charge in [0, 0.05) is 19.1 Å². The summed E-state index contributed by atoms with van der Waals surface area (Å²) in [6.45, 7) is 7.86. The molecule has 5 heteroatoms. The van der Waals surface area contributed by atoms with Crippen LogP contribution in [0.15, 0.2) is 16.1 Å². The zero-order valence-electron chi connectivity index (χ0n) is 16.7. The Bertz CT molecular complexity index is 594. The third-order valence-corrected chi connectivity index (χ3v) is 7.91. The molecule has 6 N–H and O–H groups in total. The van der Waals surface area contributed by atoms with Gasteiger partial charge in [-0.3, -0.25) is 4.99 Å². The minimum absolute atomic E-state index is 0.0305. The third-order valence-electron chi connectivity index (χ3n) is 7.91. The number of nitrogens with zero attached hydrogens (tertiary/aromatic N) is 1. The van der Waals surface area contributed by atoms with Crippen LogP contribution in [0, 0.1) is 28.6 Å². The molecular formula is C21H37N3O2. The first-order chi connectivity index (χ1) is 12.2. The van der Waals surface area contributed by atoms with E-state index in [-0.39, 0.29) is 35.4 Å². The molecule has 26 heavy (non-hydrogen) atoms. The van der Waals surface area contributed by atoms with Gasteiger partial charge < -0.3 is 21.7 Å². The van der Waals surface area contributed by atoms with Crippen LogP contribution in [0.3, 0.4) is 0 Å². The monoisotopic (exact) mass is 363 g/mol. The molecule has 1 fully saturated rings. The van der Waals surface area contributed by atoms with E-state index in [0.29, 0.717) is 24.8 Å². The maximum absolute atomic E-state index is 10.1. The molecule has 0 aromatic heterocycles. The lowest BCUT2D eigenvalue weighted by Gasteiger charge is -2.52. The molecule has 0 spiro atoms. The largest absolute Gasteiger partial charge is 0.396 e. The summed E-state index contributed by atoms with van der Waals surface area (Å²) in [4.78, 5) is 4.42. The zero-order valence-corrected chi connectivity index (χ0v) is 16.7. The number of aliphatic hydroxyl groups excluding tert-OH is 2. The van der Waals surface area contributed by atoms with Crippen molar-refractivity contribution in [3.63, 3.8) is 0 Å². The fourth-order valence-electron chi connectivity index (χ4n) is 6.23. The molecule has 0 heterocycles. The molecule has 3 aliphatic carbocycles. The zero-order chi connectivity index (χ0) is 19.1. The van der Waals surface area contributed by atoms with Gasteiger partial charge in [0.1, 0.15) is 0 Å². The van der Waals surface area contributed by atoms with E-state index in [0.717, 1.165) is 32.1 Å². The number of aliphatic imine (C=N–C) groups is 1. The Hall–Kier alpha value is -1.07. The van der Waals surface area contributed by atoms with Gasteiger partial charge >= 0.3 is 0 Å². The van der Waals surface area contributed by atoms with Crippen LogP contribution in [0.25, 0.3) is 0 Å². The first-order valence-corrected chi connectivity index (χ1v) is 10.3. The lowest BCUT2D eigenvalue weighted by atomic mass is 9.53. The van der Waals surface area contributed by atoms with Crippen molar-refractivity contribution >= 4 is 5.96 Å². The Morgan fingerprint density at radius 2 is 1.88 bits per heavy atom. The SMILES string of the molecule is CC1(C)CCC2=C1CC[C@H]([C@]1(C)CC[C@H](O)C[C@@H]1CO)[C@H]2CN=C(N)N. The summed E-state index contributed by atoms with van der Waals surface area (Å²) < 4.78 is 0. The van der Waals surface area contributed by atoms with Crippen LogP contribution >= 0.6 is 0 Å². The van der Waals surface area contributed by atoms with Gasteiger partial charge in [0.05, 0.1) is 6.10 Å². The van der Waals surface area contributed by atoms with Crippen molar-refractivity contribution in [2.45, 2.75) is 71.8 Å². The number of aliphatic hydroxyl groups is 2. The number of rotatable bonds is 4. The molecule has 0 aromatic carbocycles. The van der Waals surface area contributed by atoms with Crippen LogP contribution < -0.4 is 11.5 Å². The molecule has 5 nitrogen and oxygen atoms in total. The number of guanidine groups is 1. The van der Waals surface area contributed by atoms with E-state index < -0.39 is 0 Å². The van der Waals surface area contributed by atoms with Gasteiger partial charge in [-0.05, 0) is 67.6 Å². The van der Waals surface area contributed by atoms with Gasteiger partial charge in [-0.25, -0.2) is 0 Å².